The smallest absolute Gasteiger partial charge is 0.222 e. The van der Waals surface area contributed by atoms with Gasteiger partial charge in [-0.3, -0.25) is 14.6 Å². The summed E-state index contributed by atoms with van der Waals surface area (Å²) in [6.45, 7) is 0.757. The van der Waals surface area contributed by atoms with Crippen molar-refractivity contribution in [1.29, 1.82) is 0 Å². The molecule has 0 aliphatic carbocycles. The Bertz CT molecular complexity index is 677. The zero-order chi connectivity index (χ0) is 17.2. The van der Waals surface area contributed by atoms with Gasteiger partial charge < -0.3 is 10.6 Å². The van der Waals surface area contributed by atoms with Crippen LogP contribution in [0.4, 0.5) is 0 Å². The molecule has 0 fully saturated rings. The summed E-state index contributed by atoms with van der Waals surface area (Å²) in [4.78, 5) is 27.5. The van der Waals surface area contributed by atoms with Gasteiger partial charge in [-0.2, -0.15) is 0 Å². The average Bonchev–Trinajstić information content (AvgIpc) is 2.60. The number of pyridine rings is 1. The van der Waals surface area contributed by atoms with E-state index in [1.165, 1.54) is 0 Å². The van der Waals surface area contributed by atoms with E-state index < -0.39 is 0 Å². The number of amides is 2. The van der Waals surface area contributed by atoms with Crippen molar-refractivity contribution in [3.63, 3.8) is 0 Å². The molecule has 0 spiro atoms. The Morgan fingerprint density at radius 3 is 2.54 bits per heavy atom. The van der Waals surface area contributed by atoms with Crippen molar-refractivity contribution in [1.82, 2.24) is 15.6 Å². The first-order valence-corrected chi connectivity index (χ1v) is 8.18. The topological polar surface area (TPSA) is 71.1 Å². The normalized spacial score (nSPS) is 10.2. The molecular weight excluding hydrogens is 326 g/mol. The molecule has 6 heteroatoms. The van der Waals surface area contributed by atoms with Gasteiger partial charge in [-0.25, -0.2) is 0 Å². The average molecular weight is 346 g/mol. The number of hydrogen-bond acceptors (Lipinski definition) is 3. The summed E-state index contributed by atoms with van der Waals surface area (Å²) in [6.07, 6.45) is 4.57. The number of hydrogen-bond donors (Lipinski definition) is 2. The molecule has 0 bridgehead atoms. The Morgan fingerprint density at radius 1 is 1.00 bits per heavy atom. The molecule has 0 atom stereocenters. The quantitative estimate of drug-likeness (QED) is 0.772. The Morgan fingerprint density at radius 2 is 1.79 bits per heavy atom. The second kappa shape index (κ2) is 9.67. The molecule has 5 nitrogen and oxygen atoms in total. The predicted octanol–water partition coefficient (Wildman–Crippen LogP) is 2.49. The second-order valence-electron chi connectivity index (χ2n) is 5.33. The third kappa shape index (κ3) is 6.38. The lowest BCUT2D eigenvalue weighted by molar-refractivity contribution is -0.122. The maximum absolute atomic E-state index is 11.8. The Kier molecular flexibility index (Phi) is 7.23. The van der Waals surface area contributed by atoms with E-state index in [-0.39, 0.29) is 18.2 Å². The van der Waals surface area contributed by atoms with Crippen molar-refractivity contribution < 1.29 is 9.59 Å². The third-order valence-electron chi connectivity index (χ3n) is 3.47. The summed E-state index contributed by atoms with van der Waals surface area (Å²) >= 11 is 6.05. The zero-order valence-corrected chi connectivity index (χ0v) is 14.1. The van der Waals surface area contributed by atoms with Gasteiger partial charge in [-0.1, -0.05) is 35.9 Å². The van der Waals surface area contributed by atoms with E-state index in [4.69, 9.17) is 11.6 Å². The second-order valence-corrected chi connectivity index (χ2v) is 5.74. The molecule has 1 aromatic heterocycles. The van der Waals surface area contributed by atoms with E-state index in [9.17, 15) is 9.59 Å². The lowest BCUT2D eigenvalue weighted by Gasteiger charge is -2.07. The van der Waals surface area contributed by atoms with Crippen LogP contribution in [-0.4, -0.2) is 23.3 Å². The number of aromatic nitrogens is 1. The number of aryl methyl sites for hydroxylation is 1. The van der Waals surface area contributed by atoms with E-state index in [1.54, 1.807) is 18.5 Å². The summed E-state index contributed by atoms with van der Waals surface area (Å²) in [5.41, 5.74) is 1.89. The van der Waals surface area contributed by atoms with Gasteiger partial charge in [0.2, 0.25) is 11.8 Å². The summed E-state index contributed by atoms with van der Waals surface area (Å²) < 4.78 is 0. The summed E-state index contributed by atoms with van der Waals surface area (Å²) in [5.74, 6) is -0.194. The first kappa shape index (κ1) is 17.9. The van der Waals surface area contributed by atoms with Crippen LogP contribution >= 0.6 is 11.6 Å². The number of carbonyl (C=O) groups excluding carboxylic acids is 2. The van der Waals surface area contributed by atoms with Crippen LogP contribution < -0.4 is 10.6 Å². The van der Waals surface area contributed by atoms with Gasteiger partial charge in [-0.15, -0.1) is 0 Å². The minimum absolute atomic E-state index is 0.0880. The third-order valence-corrected chi connectivity index (χ3v) is 3.83. The van der Waals surface area contributed by atoms with Gasteiger partial charge in [0.15, 0.2) is 0 Å². The molecular formula is C18H20ClN3O2. The van der Waals surface area contributed by atoms with Crippen molar-refractivity contribution in [3.8, 4) is 0 Å². The van der Waals surface area contributed by atoms with Crippen molar-refractivity contribution in [2.75, 3.05) is 6.54 Å². The fraction of sp³-hybridized carbons (Fsp3) is 0.278. The van der Waals surface area contributed by atoms with Gasteiger partial charge in [0, 0.05) is 43.3 Å². The lowest BCUT2D eigenvalue weighted by atomic mass is 10.1. The minimum atomic E-state index is -0.106. The number of carbonyl (C=O) groups is 2. The van der Waals surface area contributed by atoms with Gasteiger partial charge in [0.1, 0.15) is 0 Å². The molecule has 0 aliphatic heterocycles. The highest BCUT2D eigenvalue weighted by Gasteiger charge is 2.06. The van der Waals surface area contributed by atoms with Crippen LogP contribution in [0.25, 0.3) is 0 Å². The molecule has 126 valence electrons. The number of nitrogens with zero attached hydrogens (tertiary/aromatic N) is 1. The summed E-state index contributed by atoms with van der Waals surface area (Å²) in [6, 6.07) is 11.2. The Labute approximate surface area is 146 Å². The van der Waals surface area contributed by atoms with E-state index >= 15 is 0 Å². The van der Waals surface area contributed by atoms with Gasteiger partial charge >= 0.3 is 0 Å². The molecule has 0 unspecified atom stereocenters. The van der Waals surface area contributed by atoms with Crippen molar-refractivity contribution in [3.05, 3.63) is 64.9 Å². The van der Waals surface area contributed by atoms with Crippen LogP contribution in [0.5, 0.6) is 0 Å². The van der Waals surface area contributed by atoms with E-state index in [0.717, 1.165) is 11.1 Å². The van der Waals surface area contributed by atoms with Crippen LogP contribution in [-0.2, 0) is 22.6 Å². The summed E-state index contributed by atoms with van der Waals surface area (Å²) in [5, 5.41) is 6.20. The van der Waals surface area contributed by atoms with Crippen molar-refractivity contribution >= 4 is 23.4 Å². The monoisotopic (exact) mass is 345 g/mol. The SMILES string of the molecule is O=C(CCc1ccccc1Cl)NCCC(=O)NCc1cccnc1. The molecule has 1 heterocycles. The van der Waals surface area contributed by atoms with E-state index in [0.29, 0.717) is 31.0 Å². The predicted molar refractivity (Wildman–Crippen MR) is 93.5 cm³/mol. The van der Waals surface area contributed by atoms with Crippen molar-refractivity contribution in [2.24, 2.45) is 0 Å². The number of nitrogens with one attached hydrogen (secondary N) is 2. The first-order valence-electron chi connectivity index (χ1n) is 7.81. The highest BCUT2D eigenvalue weighted by atomic mass is 35.5. The van der Waals surface area contributed by atoms with Crippen molar-refractivity contribution in [2.45, 2.75) is 25.8 Å². The van der Waals surface area contributed by atoms with Crippen LogP contribution in [0, 0.1) is 0 Å². The highest BCUT2D eigenvalue weighted by Crippen LogP contribution is 2.16. The number of halogens is 1. The molecule has 2 rings (SSSR count). The van der Waals surface area contributed by atoms with Crippen LogP contribution in [0.15, 0.2) is 48.8 Å². The zero-order valence-electron chi connectivity index (χ0n) is 13.3. The molecule has 0 radical (unpaired) electrons. The van der Waals surface area contributed by atoms with Crippen LogP contribution in [0.3, 0.4) is 0 Å². The maximum Gasteiger partial charge on any atom is 0.222 e. The Hall–Kier alpha value is -2.40. The molecule has 2 N–H and O–H groups in total. The molecule has 1 aromatic carbocycles. The molecule has 2 amide bonds. The minimum Gasteiger partial charge on any atom is -0.356 e. The van der Waals surface area contributed by atoms with Crippen LogP contribution in [0.2, 0.25) is 5.02 Å². The molecule has 0 saturated carbocycles. The van der Waals surface area contributed by atoms with E-state index in [2.05, 4.69) is 15.6 Å². The molecule has 0 saturated heterocycles. The van der Waals surface area contributed by atoms with Gasteiger partial charge in [-0.05, 0) is 29.7 Å². The van der Waals surface area contributed by atoms with Gasteiger partial charge in [0.05, 0.1) is 0 Å². The standard InChI is InChI=1S/C18H20ClN3O2/c19-16-6-2-1-5-15(16)7-8-17(23)21-11-9-18(24)22-13-14-4-3-10-20-12-14/h1-6,10,12H,7-9,11,13H2,(H,21,23)(H,22,24). The van der Waals surface area contributed by atoms with Crippen LogP contribution in [0.1, 0.15) is 24.0 Å². The Balaban J connectivity index is 1.60. The number of rotatable bonds is 8. The molecule has 24 heavy (non-hydrogen) atoms. The highest BCUT2D eigenvalue weighted by molar-refractivity contribution is 6.31. The lowest BCUT2D eigenvalue weighted by Crippen LogP contribution is -2.30. The van der Waals surface area contributed by atoms with E-state index in [1.807, 2.05) is 30.3 Å². The molecule has 2 aromatic rings. The largest absolute Gasteiger partial charge is 0.356 e. The van der Waals surface area contributed by atoms with Gasteiger partial charge in [0.25, 0.3) is 0 Å². The molecule has 0 aliphatic rings. The maximum atomic E-state index is 11.8. The fourth-order valence-electron chi connectivity index (χ4n) is 2.14. The summed E-state index contributed by atoms with van der Waals surface area (Å²) in [7, 11) is 0. The number of benzene rings is 1. The fourth-order valence-corrected chi connectivity index (χ4v) is 2.38. The first-order chi connectivity index (χ1) is 11.6.